The van der Waals surface area contributed by atoms with Gasteiger partial charge in [0.1, 0.15) is 6.61 Å². The predicted molar refractivity (Wildman–Crippen MR) is 164 cm³/mol. The molecule has 11 atom stereocenters. The van der Waals surface area contributed by atoms with Crippen molar-refractivity contribution in [3.05, 3.63) is 51.9 Å². The molecule has 6 nitrogen and oxygen atoms in total. The molecule has 6 heteroatoms. The zero-order chi connectivity index (χ0) is 29.2. The van der Waals surface area contributed by atoms with E-state index in [1.165, 1.54) is 25.7 Å². The summed E-state index contributed by atoms with van der Waals surface area (Å²) in [5.74, 6) is 3.48. The molecule has 0 aromatic heterocycles. The van der Waals surface area contributed by atoms with Crippen LogP contribution in [0.1, 0.15) is 97.5 Å². The van der Waals surface area contributed by atoms with Crippen LogP contribution in [0.5, 0.6) is 0 Å². The van der Waals surface area contributed by atoms with E-state index in [4.69, 9.17) is 9.47 Å². The van der Waals surface area contributed by atoms with Crippen molar-refractivity contribution in [2.24, 2.45) is 46.1 Å². The second kappa shape index (κ2) is 10.7. The van der Waals surface area contributed by atoms with E-state index in [1.807, 2.05) is 35.2 Å². The first-order valence-electron chi connectivity index (χ1n) is 16.9. The lowest BCUT2D eigenvalue weighted by molar-refractivity contribution is -0.0802. The minimum absolute atomic E-state index is 0.0368. The molecule has 2 heterocycles. The molecule has 42 heavy (non-hydrogen) atoms. The normalized spacial score (nSPS) is 44.6. The van der Waals surface area contributed by atoms with Crippen LogP contribution in [0.15, 0.2) is 46.7 Å². The van der Waals surface area contributed by atoms with Gasteiger partial charge in [0.15, 0.2) is 0 Å². The van der Waals surface area contributed by atoms with Gasteiger partial charge in [-0.25, -0.2) is 4.79 Å². The van der Waals surface area contributed by atoms with Gasteiger partial charge >= 0.3 is 6.09 Å². The Labute approximate surface area is 251 Å². The third-order valence-electron chi connectivity index (χ3n) is 13.3. The molecule has 2 aliphatic heterocycles. The van der Waals surface area contributed by atoms with Crippen LogP contribution in [-0.2, 0) is 16.1 Å². The standard InChI is InChI=1S/C36H50N2O4/c1-22-16-32-33(38(20-22)34(39)41-21-25-8-6-5-7-9-25)24(3)36(42-32)15-13-28-29-11-10-26-17-27(37-40)12-14-35(26,4)31(29)18-30(28)23(2)19-36/h5-9,22,24,26-29,31-33H,10-21H2,1-4H3/t22-,24+,26+,27?,28-,29-,31-,32+,33-,35-,36-/m0/s1. The fourth-order valence-electron chi connectivity index (χ4n) is 11.1. The topological polar surface area (TPSA) is 68.2 Å². The lowest BCUT2D eigenvalue weighted by Gasteiger charge is -2.53. The Morgan fingerprint density at radius 2 is 1.90 bits per heavy atom. The van der Waals surface area contributed by atoms with Crippen LogP contribution in [0.2, 0.25) is 0 Å². The molecule has 1 unspecified atom stereocenters. The van der Waals surface area contributed by atoms with E-state index in [0.29, 0.717) is 29.8 Å². The van der Waals surface area contributed by atoms with Crippen LogP contribution in [-0.4, -0.2) is 41.3 Å². The van der Waals surface area contributed by atoms with Crippen molar-refractivity contribution >= 4 is 6.09 Å². The number of carbonyl (C=O) groups excluding carboxylic acids is 1. The predicted octanol–water partition coefficient (Wildman–Crippen LogP) is 8.30. The Hall–Kier alpha value is -2.21. The van der Waals surface area contributed by atoms with Crippen molar-refractivity contribution in [1.29, 1.82) is 0 Å². The molecule has 7 rings (SSSR count). The van der Waals surface area contributed by atoms with Crippen molar-refractivity contribution in [3.63, 3.8) is 0 Å². The molecule has 1 aromatic rings. The minimum atomic E-state index is -0.205. The van der Waals surface area contributed by atoms with Crippen LogP contribution < -0.4 is 0 Å². The van der Waals surface area contributed by atoms with Gasteiger partial charge in [-0.05, 0) is 112 Å². The number of benzene rings is 1. The lowest BCUT2D eigenvalue weighted by atomic mass is 9.52. The summed E-state index contributed by atoms with van der Waals surface area (Å²) in [4.78, 5) is 26.9. The van der Waals surface area contributed by atoms with Crippen LogP contribution in [0, 0.1) is 45.8 Å². The molecule has 0 N–H and O–H groups in total. The molecule has 0 radical (unpaired) electrons. The van der Waals surface area contributed by atoms with Gasteiger partial charge in [0, 0.05) is 12.5 Å². The number of allylic oxidation sites excluding steroid dienone is 1. The highest BCUT2D eigenvalue weighted by atomic mass is 16.6. The number of rotatable bonds is 3. The summed E-state index contributed by atoms with van der Waals surface area (Å²) in [7, 11) is 0. The first kappa shape index (κ1) is 28.6. The van der Waals surface area contributed by atoms with Crippen molar-refractivity contribution in [2.75, 3.05) is 6.54 Å². The van der Waals surface area contributed by atoms with E-state index in [0.717, 1.165) is 62.5 Å². The Balaban J connectivity index is 1.10. The number of ether oxygens (including phenoxy) is 2. The fourth-order valence-corrected chi connectivity index (χ4v) is 11.1. The summed E-state index contributed by atoms with van der Waals surface area (Å²) in [5, 5.41) is 3.47. The molecule has 1 amide bonds. The number of nitrogens with zero attached hydrogens (tertiary/aromatic N) is 2. The summed E-state index contributed by atoms with van der Waals surface area (Å²) in [6, 6.07) is 10.1. The molecule has 228 valence electrons. The third-order valence-corrected chi connectivity index (χ3v) is 13.3. The van der Waals surface area contributed by atoms with Crippen LogP contribution >= 0.6 is 0 Å². The van der Waals surface area contributed by atoms with Crippen molar-refractivity contribution in [2.45, 2.75) is 122 Å². The molecule has 1 spiro atoms. The van der Waals surface area contributed by atoms with E-state index in [1.54, 1.807) is 11.1 Å². The average molecular weight is 575 g/mol. The monoisotopic (exact) mass is 574 g/mol. The van der Waals surface area contributed by atoms with Gasteiger partial charge in [-0.3, -0.25) is 0 Å². The Kier molecular flexibility index (Phi) is 7.31. The maximum absolute atomic E-state index is 13.5. The third kappa shape index (κ3) is 4.57. The van der Waals surface area contributed by atoms with Crippen LogP contribution in [0.3, 0.4) is 0 Å². The smallest absolute Gasteiger partial charge is 0.410 e. The second-order valence-electron chi connectivity index (χ2n) is 15.4. The molecular formula is C36H50N2O4. The van der Waals surface area contributed by atoms with E-state index in [-0.39, 0.29) is 35.8 Å². The largest absolute Gasteiger partial charge is 0.445 e. The number of amides is 1. The lowest BCUT2D eigenvalue weighted by Crippen LogP contribution is -2.54. The molecule has 2 saturated heterocycles. The van der Waals surface area contributed by atoms with Crippen molar-refractivity contribution in [3.8, 4) is 0 Å². The van der Waals surface area contributed by atoms with Gasteiger partial charge in [0.25, 0.3) is 0 Å². The first-order valence-corrected chi connectivity index (χ1v) is 16.9. The number of piperidine rings is 1. The number of carbonyl (C=O) groups is 1. The highest BCUT2D eigenvalue weighted by molar-refractivity contribution is 5.68. The van der Waals surface area contributed by atoms with Crippen molar-refractivity contribution in [1.82, 2.24) is 4.90 Å². The van der Waals surface area contributed by atoms with Crippen LogP contribution in [0.4, 0.5) is 4.79 Å². The molecule has 3 saturated carbocycles. The zero-order valence-electron chi connectivity index (χ0n) is 26.1. The van der Waals surface area contributed by atoms with E-state index >= 15 is 0 Å². The molecule has 5 fully saturated rings. The number of hydrogen-bond acceptors (Lipinski definition) is 5. The summed E-state index contributed by atoms with van der Waals surface area (Å²) in [6.07, 6.45) is 11.1. The fraction of sp³-hybridized carbons (Fsp3) is 0.750. The number of nitroso groups, excluding NO2 is 1. The second-order valence-corrected chi connectivity index (χ2v) is 15.4. The van der Waals surface area contributed by atoms with Gasteiger partial charge in [-0.1, -0.05) is 67.4 Å². The Morgan fingerprint density at radius 3 is 2.69 bits per heavy atom. The average Bonchev–Trinajstić information content (AvgIpc) is 3.45. The SMILES string of the molecule is CC1=C2C[C@H]3[C@@H](CC[C@@H]4CC(N=O)CC[C@@]43C)[C@@H]2CC[C@@]2(C1)O[C@@H]1C[C@H](C)CN(C(=O)OCc3ccccc3)[C@H]1[C@H]2C. The van der Waals surface area contributed by atoms with Gasteiger partial charge < -0.3 is 14.4 Å². The molecule has 4 aliphatic carbocycles. The number of likely N-dealkylation sites (tertiary alicyclic amines) is 1. The number of fused-ring (bicyclic) bond motifs is 6. The Morgan fingerprint density at radius 1 is 1.10 bits per heavy atom. The van der Waals surface area contributed by atoms with Gasteiger partial charge in [0.2, 0.25) is 0 Å². The first-order chi connectivity index (χ1) is 20.2. The molecule has 0 bridgehead atoms. The van der Waals surface area contributed by atoms with E-state index < -0.39 is 0 Å². The Bertz CT molecular complexity index is 1230. The van der Waals surface area contributed by atoms with E-state index in [2.05, 4.69) is 32.9 Å². The summed E-state index contributed by atoms with van der Waals surface area (Å²) >= 11 is 0. The maximum Gasteiger partial charge on any atom is 0.410 e. The molecular weight excluding hydrogens is 524 g/mol. The molecule has 6 aliphatic rings. The molecule has 1 aromatic carbocycles. The number of hydrogen-bond donors (Lipinski definition) is 0. The summed E-state index contributed by atoms with van der Waals surface area (Å²) in [5.41, 5.74) is 4.46. The highest BCUT2D eigenvalue weighted by Crippen LogP contribution is 2.65. The van der Waals surface area contributed by atoms with Gasteiger partial charge in [0.05, 0.1) is 23.8 Å². The van der Waals surface area contributed by atoms with Gasteiger partial charge in [-0.15, -0.1) is 0 Å². The van der Waals surface area contributed by atoms with Crippen molar-refractivity contribution < 1.29 is 14.3 Å². The minimum Gasteiger partial charge on any atom is -0.445 e. The van der Waals surface area contributed by atoms with E-state index in [9.17, 15) is 9.70 Å². The maximum atomic E-state index is 13.5. The van der Waals surface area contributed by atoms with Gasteiger partial charge in [-0.2, -0.15) is 4.91 Å². The van der Waals surface area contributed by atoms with Crippen LogP contribution in [0.25, 0.3) is 0 Å². The quantitative estimate of drug-likeness (QED) is 0.269. The highest BCUT2D eigenvalue weighted by Gasteiger charge is 2.61. The zero-order valence-corrected chi connectivity index (χ0v) is 26.1. The summed E-state index contributed by atoms with van der Waals surface area (Å²) < 4.78 is 13.1. The summed E-state index contributed by atoms with van der Waals surface area (Å²) in [6.45, 7) is 10.6.